The van der Waals surface area contributed by atoms with Gasteiger partial charge in [0.25, 0.3) is 0 Å². The number of hydrogen-bond donors (Lipinski definition) is 0. The van der Waals surface area contributed by atoms with Gasteiger partial charge >= 0.3 is 0 Å². The molecule has 6 aromatic rings. The highest BCUT2D eigenvalue weighted by Gasteiger charge is 2.12. The lowest BCUT2D eigenvalue weighted by Gasteiger charge is -2.09. The van der Waals surface area contributed by atoms with E-state index < -0.39 is 0 Å². The molecule has 0 aromatic heterocycles. The van der Waals surface area contributed by atoms with Gasteiger partial charge in [0.1, 0.15) is 0 Å². The van der Waals surface area contributed by atoms with Gasteiger partial charge in [-0.15, -0.1) is 0 Å². The molecule has 188 valence electrons. The third-order valence-electron chi connectivity index (χ3n) is 7.69. The molecule has 0 unspecified atom stereocenters. The number of hydrogen-bond acceptors (Lipinski definition) is 2. The maximum atomic E-state index is 13.2. The van der Waals surface area contributed by atoms with Gasteiger partial charge in [-0.25, -0.2) is 0 Å². The van der Waals surface area contributed by atoms with Crippen molar-refractivity contribution < 1.29 is 9.59 Å². The molecule has 10 aliphatic carbocycles. The van der Waals surface area contributed by atoms with Crippen LogP contribution in [0.3, 0.4) is 0 Å². The number of rotatable bonds is 0. The van der Waals surface area contributed by atoms with Crippen molar-refractivity contribution in [1.82, 2.24) is 0 Å². The van der Waals surface area contributed by atoms with E-state index >= 15 is 0 Å². The van der Waals surface area contributed by atoms with Gasteiger partial charge in [0.15, 0.2) is 11.6 Å². The maximum absolute atomic E-state index is 13.2. The van der Waals surface area contributed by atoms with E-state index in [4.69, 9.17) is 0 Å². The molecule has 2 nitrogen and oxygen atoms in total. The minimum absolute atomic E-state index is 0.00983. The molecule has 10 aliphatic rings. The van der Waals surface area contributed by atoms with E-state index in [0.717, 1.165) is 44.5 Å². The third-order valence-corrected chi connectivity index (χ3v) is 7.69. The predicted octanol–water partition coefficient (Wildman–Crippen LogP) is 9.13. The van der Waals surface area contributed by atoms with E-state index in [0.29, 0.717) is 22.3 Å². The van der Waals surface area contributed by atoms with Crippen molar-refractivity contribution in [2.45, 2.75) is 0 Å². The summed E-state index contributed by atoms with van der Waals surface area (Å²) < 4.78 is 0. The summed E-state index contributed by atoms with van der Waals surface area (Å²) in [4.78, 5) is 26.3. The second kappa shape index (κ2) is 9.76. The largest absolute Gasteiger partial charge is 0.289 e. The smallest absolute Gasteiger partial charge is 0.193 e. The second-order valence-electron chi connectivity index (χ2n) is 10.1. The average Bonchev–Trinajstić information content (AvgIpc) is 3.04. The van der Waals surface area contributed by atoms with Crippen LogP contribution in [0.2, 0.25) is 0 Å². The van der Waals surface area contributed by atoms with Crippen LogP contribution >= 0.6 is 0 Å². The summed E-state index contributed by atoms with van der Waals surface area (Å²) >= 11 is 0. The Morgan fingerprint density at radius 2 is 0.275 bits per heavy atom. The molecule has 2 heteroatoms. The van der Waals surface area contributed by atoms with Crippen LogP contribution in [0.15, 0.2) is 146 Å². The van der Waals surface area contributed by atoms with Crippen molar-refractivity contribution in [3.8, 4) is 44.5 Å². The molecule has 0 saturated carbocycles. The zero-order valence-corrected chi connectivity index (χ0v) is 21.7. The normalized spacial score (nSPS) is 12.1. The molecule has 0 amide bonds. The van der Waals surface area contributed by atoms with Gasteiger partial charge in [0.2, 0.25) is 0 Å². The Morgan fingerprint density at radius 3 is 0.400 bits per heavy atom. The molecule has 40 heavy (non-hydrogen) atoms. The molecule has 0 heterocycles. The van der Waals surface area contributed by atoms with Crippen LogP contribution in [0, 0.1) is 0 Å². The number of benzene rings is 6. The topological polar surface area (TPSA) is 34.1 Å². The molecular weight excluding hydrogens is 488 g/mol. The highest BCUT2D eigenvalue weighted by atomic mass is 16.1. The molecule has 0 radical (unpaired) electrons. The van der Waals surface area contributed by atoms with E-state index in [1.54, 1.807) is 0 Å². The highest BCUT2D eigenvalue weighted by Crippen LogP contribution is 2.29. The minimum Gasteiger partial charge on any atom is -0.289 e. The Hall–Kier alpha value is -5.34. The first-order valence-corrected chi connectivity index (χ1v) is 13.3. The first-order valence-electron chi connectivity index (χ1n) is 13.3. The first kappa shape index (κ1) is 23.8. The fourth-order valence-corrected chi connectivity index (χ4v) is 5.30. The molecule has 0 spiro atoms. The number of carbonyl (C=O) groups excluding carboxylic acids is 2. The average molecular weight is 513 g/mol. The number of carbonyl (C=O) groups is 2. The van der Waals surface area contributed by atoms with Gasteiger partial charge < -0.3 is 0 Å². The van der Waals surface area contributed by atoms with Crippen molar-refractivity contribution in [2.24, 2.45) is 0 Å². The number of ketones is 2. The van der Waals surface area contributed by atoms with Gasteiger partial charge in [-0.3, -0.25) is 9.59 Å². The molecule has 0 atom stereocenters. The van der Waals surface area contributed by atoms with E-state index in [2.05, 4.69) is 48.5 Å². The third kappa shape index (κ3) is 4.36. The monoisotopic (exact) mass is 512 g/mol. The zero-order valence-electron chi connectivity index (χ0n) is 21.7. The van der Waals surface area contributed by atoms with Gasteiger partial charge in [0.05, 0.1) is 0 Å². The van der Waals surface area contributed by atoms with Crippen LogP contribution < -0.4 is 0 Å². The second-order valence-corrected chi connectivity index (χ2v) is 10.1. The van der Waals surface area contributed by atoms with Gasteiger partial charge in [-0.2, -0.15) is 0 Å². The van der Waals surface area contributed by atoms with E-state index in [-0.39, 0.29) is 11.6 Å². The lowest BCUT2D eigenvalue weighted by molar-refractivity contribution is 0.103. The first-order chi connectivity index (χ1) is 19.6. The van der Waals surface area contributed by atoms with Crippen LogP contribution in [-0.2, 0) is 0 Å². The molecule has 0 N–H and O–H groups in total. The molecule has 0 fully saturated rings. The van der Waals surface area contributed by atoms with Crippen molar-refractivity contribution in [2.75, 3.05) is 0 Å². The van der Waals surface area contributed by atoms with E-state index in [9.17, 15) is 9.59 Å². The highest BCUT2D eigenvalue weighted by molar-refractivity contribution is 6.10. The SMILES string of the molecule is O=C1c2ccc(cc2)-c2ccc(cc2)-c2ccc(cc2)C(=O)c2ccc(cc2)-c2ccc(cc2)-c2ccc1cc2. The van der Waals surface area contributed by atoms with Crippen LogP contribution in [-0.4, -0.2) is 11.6 Å². The summed E-state index contributed by atoms with van der Waals surface area (Å²) in [5, 5.41) is 0. The van der Waals surface area contributed by atoms with Crippen LogP contribution in [0.25, 0.3) is 44.5 Å². The van der Waals surface area contributed by atoms with Crippen molar-refractivity contribution in [1.29, 1.82) is 0 Å². The molecule has 12 bridgehead atoms. The summed E-state index contributed by atoms with van der Waals surface area (Å²) in [5.74, 6) is 0.0197. The zero-order chi connectivity index (χ0) is 27.1. The lowest BCUT2D eigenvalue weighted by atomic mass is 9.94. The van der Waals surface area contributed by atoms with Gasteiger partial charge in [-0.1, -0.05) is 146 Å². The van der Waals surface area contributed by atoms with Crippen LogP contribution in [0.1, 0.15) is 31.8 Å². The van der Waals surface area contributed by atoms with Crippen LogP contribution in [0.4, 0.5) is 0 Å². The summed E-state index contributed by atoms with van der Waals surface area (Å²) in [7, 11) is 0. The summed E-state index contributed by atoms with van der Waals surface area (Å²) in [6.07, 6.45) is 0. The Balaban J connectivity index is 1.30. The Labute approximate surface area is 233 Å². The molecular formula is C38H24O2. The van der Waals surface area contributed by atoms with E-state index in [1.165, 1.54) is 0 Å². The molecule has 6 aromatic carbocycles. The Kier molecular flexibility index (Phi) is 5.79. The fraction of sp³-hybridized carbons (Fsp3) is 0. The Morgan fingerprint density at radius 1 is 0.175 bits per heavy atom. The molecule has 16 rings (SSSR count). The van der Waals surface area contributed by atoms with Crippen molar-refractivity contribution in [3.05, 3.63) is 168 Å². The summed E-state index contributed by atoms with van der Waals surface area (Å²) in [5.41, 5.74) is 11.2. The standard InChI is InChI=1S/C38H24O2/c39-37-33-17-9-29(10-18-33)25-1-2-26(4-3-25)30-11-19-34(20-12-30)38(40)36-23-15-32(16-24-36)28-7-5-27(6-8-28)31-13-21-35(37)22-14-31/h1-24H. The van der Waals surface area contributed by atoms with Crippen LogP contribution in [0.5, 0.6) is 0 Å². The van der Waals surface area contributed by atoms with Gasteiger partial charge in [-0.05, 0) is 44.5 Å². The van der Waals surface area contributed by atoms with Crippen molar-refractivity contribution in [3.63, 3.8) is 0 Å². The predicted molar refractivity (Wildman–Crippen MR) is 161 cm³/mol. The lowest BCUT2D eigenvalue weighted by Crippen LogP contribution is -2.01. The quantitative estimate of drug-likeness (QED) is 0.203. The van der Waals surface area contributed by atoms with Crippen molar-refractivity contribution >= 4 is 11.6 Å². The Bertz CT molecular complexity index is 1560. The minimum atomic E-state index is 0.00983. The van der Waals surface area contributed by atoms with Gasteiger partial charge in [0, 0.05) is 22.3 Å². The summed E-state index contributed by atoms with van der Waals surface area (Å²) in [6.45, 7) is 0. The van der Waals surface area contributed by atoms with E-state index in [1.807, 2.05) is 97.1 Å². The molecule has 0 saturated heterocycles. The fourth-order valence-electron chi connectivity index (χ4n) is 5.30. The summed E-state index contributed by atoms with van der Waals surface area (Å²) in [6, 6.07) is 47.8. The maximum Gasteiger partial charge on any atom is 0.193 e. The molecule has 0 aliphatic heterocycles.